The van der Waals surface area contributed by atoms with E-state index in [-0.39, 0.29) is 0 Å². The number of hydrogen-bond donors (Lipinski definition) is 1. The van der Waals surface area contributed by atoms with Crippen molar-refractivity contribution in [1.29, 1.82) is 0 Å². The summed E-state index contributed by atoms with van der Waals surface area (Å²) in [5.74, 6) is 3.51. The Bertz CT molecular complexity index is 363. The summed E-state index contributed by atoms with van der Waals surface area (Å²) < 4.78 is 0. The maximum atomic E-state index is 4.63. The SMILES string of the molecule is CCNc1cc(N(CC)CC(C)C)nc(CC)n1. The van der Waals surface area contributed by atoms with Crippen LogP contribution in [0.3, 0.4) is 0 Å². The van der Waals surface area contributed by atoms with Gasteiger partial charge in [0.05, 0.1) is 0 Å². The van der Waals surface area contributed by atoms with Crippen molar-refractivity contribution in [2.24, 2.45) is 5.92 Å². The van der Waals surface area contributed by atoms with Gasteiger partial charge in [-0.2, -0.15) is 0 Å². The van der Waals surface area contributed by atoms with Gasteiger partial charge in [-0.05, 0) is 19.8 Å². The lowest BCUT2D eigenvalue weighted by Crippen LogP contribution is -2.28. The van der Waals surface area contributed by atoms with E-state index in [1.807, 2.05) is 0 Å². The zero-order chi connectivity index (χ0) is 13.5. The molecule has 1 heterocycles. The molecule has 1 aromatic rings. The average molecular weight is 250 g/mol. The molecule has 4 heteroatoms. The van der Waals surface area contributed by atoms with Crippen molar-refractivity contribution in [2.75, 3.05) is 29.9 Å². The van der Waals surface area contributed by atoms with Crippen LogP contribution in [0.1, 0.15) is 40.4 Å². The van der Waals surface area contributed by atoms with E-state index in [1.165, 1.54) is 0 Å². The molecule has 1 aromatic heterocycles. The predicted molar refractivity (Wildman–Crippen MR) is 78.3 cm³/mol. The molecule has 4 nitrogen and oxygen atoms in total. The number of nitrogens with zero attached hydrogens (tertiary/aromatic N) is 3. The molecule has 1 rings (SSSR count). The first-order valence-corrected chi connectivity index (χ1v) is 6.97. The van der Waals surface area contributed by atoms with Crippen molar-refractivity contribution in [2.45, 2.75) is 41.0 Å². The van der Waals surface area contributed by atoms with Crippen LogP contribution in [0.5, 0.6) is 0 Å². The van der Waals surface area contributed by atoms with Crippen molar-refractivity contribution in [3.63, 3.8) is 0 Å². The van der Waals surface area contributed by atoms with E-state index in [2.05, 4.69) is 60.9 Å². The quantitative estimate of drug-likeness (QED) is 0.808. The number of anilines is 2. The molecule has 0 aliphatic heterocycles. The van der Waals surface area contributed by atoms with Gasteiger partial charge in [0.15, 0.2) is 0 Å². The van der Waals surface area contributed by atoms with Crippen LogP contribution in [0.25, 0.3) is 0 Å². The van der Waals surface area contributed by atoms with Crippen LogP contribution in [-0.4, -0.2) is 29.6 Å². The van der Waals surface area contributed by atoms with Crippen LogP contribution in [0.15, 0.2) is 6.07 Å². The Hall–Kier alpha value is -1.32. The van der Waals surface area contributed by atoms with Gasteiger partial charge >= 0.3 is 0 Å². The third-order valence-corrected chi connectivity index (χ3v) is 2.72. The second kappa shape index (κ2) is 7.19. The highest BCUT2D eigenvalue weighted by Crippen LogP contribution is 2.17. The molecule has 0 aliphatic carbocycles. The summed E-state index contributed by atoms with van der Waals surface area (Å²) in [6, 6.07) is 2.05. The topological polar surface area (TPSA) is 41.0 Å². The van der Waals surface area contributed by atoms with Gasteiger partial charge in [0.1, 0.15) is 17.5 Å². The highest BCUT2D eigenvalue weighted by atomic mass is 15.2. The molecule has 0 radical (unpaired) electrons. The lowest BCUT2D eigenvalue weighted by molar-refractivity contribution is 0.613. The lowest BCUT2D eigenvalue weighted by Gasteiger charge is -2.24. The minimum absolute atomic E-state index is 0.632. The zero-order valence-corrected chi connectivity index (χ0v) is 12.3. The second-order valence-electron chi connectivity index (χ2n) is 4.84. The minimum Gasteiger partial charge on any atom is -0.370 e. The Balaban J connectivity index is 3.00. The molecular formula is C14H26N4. The normalized spacial score (nSPS) is 10.8. The molecule has 0 bridgehead atoms. The van der Waals surface area contributed by atoms with Gasteiger partial charge in [-0.15, -0.1) is 0 Å². The van der Waals surface area contributed by atoms with Crippen LogP contribution >= 0.6 is 0 Å². The highest BCUT2D eigenvalue weighted by molar-refractivity contribution is 5.49. The van der Waals surface area contributed by atoms with Crippen molar-refractivity contribution in [1.82, 2.24) is 9.97 Å². The summed E-state index contributed by atoms with van der Waals surface area (Å²) in [5, 5.41) is 3.28. The van der Waals surface area contributed by atoms with Gasteiger partial charge in [-0.3, -0.25) is 0 Å². The number of rotatable bonds is 7. The van der Waals surface area contributed by atoms with Crippen LogP contribution in [-0.2, 0) is 6.42 Å². The average Bonchev–Trinajstić information content (AvgIpc) is 2.35. The maximum Gasteiger partial charge on any atom is 0.134 e. The van der Waals surface area contributed by atoms with Gasteiger partial charge in [0, 0.05) is 32.1 Å². The van der Waals surface area contributed by atoms with Crippen molar-refractivity contribution >= 4 is 11.6 Å². The fourth-order valence-electron chi connectivity index (χ4n) is 1.90. The largest absolute Gasteiger partial charge is 0.370 e. The molecule has 0 fully saturated rings. The van der Waals surface area contributed by atoms with E-state index in [0.29, 0.717) is 5.92 Å². The molecule has 0 spiro atoms. The Kier molecular flexibility index (Phi) is 5.89. The first-order chi connectivity index (χ1) is 8.60. The number of aromatic nitrogens is 2. The van der Waals surface area contributed by atoms with E-state index in [4.69, 9.17) is 0 Å². The third-order valence-electron chi connectivity index (χ3n) is 2.72. The van der Waals surface area contributed by atoms with Crippen LogP contribution < -0.4 is 10.2 Å². The summed E-state index contributed by atoms with van der Waals surface area (Å²) in [5.41, 5.74) is 0. The standard InChI is InChI=1S/C14H26N4/c1-6-12-16-13(15-7-2)9-14(17-12)18(8-3)10-11(4)5/h9,11H,6-8,10H2,1-5H3,(H,15,16,17). The Morgan fingerprint density at radius 2 is 1.94 bits per heavy atom. The number of hydrogen-bond acceptors (Lipinski definition) is 4. The summed E-state index contributed by atoms with van der Waals surface area (Å²) in [7, 11) is 0. The summed E-state index contributed by atoms with van der Waals surface area (Å²) >= 11 is 0. The number of aryl methyl sites for hydroxylation is 1. The molecule has 0 saturated heterocycles. The van der Waals surface area contributed by atoms with Gasteiger partial charge in [-0.1, -0.05) is 20.8 Å². The van der Waals surface area contributed by atoms with E-state index in [1.54, 1.807) is 0 Å². The van der Waals surface area contributed by atoms with E-state index in [9.17, 15) is 0 Å². The first kappa shape index (κ1) is 14.7. The van der Waals surface area contributed by atoms with Crippen LogP contribution in [0.2, 0.25) is 0 Å². The van der Waals surface area contributed by atoms with Gasteiger partial charge in [-0.25, -0.2) is 9.97 Å². The van der Waals surface area contributed by atoms with E-state index in [0.717, 1.165) is 43.5 Å². The molecule has 0 saturated carbocycles. The molecule has 0 atom stereocenters. The predicted octanol–water partition coefficient (Wildman–Crippen LogP) is 2.95. The molecular weight excluding hydrogens is 224 g/mol. The Labute approximate surface area is 111 Å². The van der Waals surface area contributed by atoms with Crippen molar-refractivity contribution in [3.8, 4) is 0 Å². The zero-order valence-electron chi connectivity index (χ0n) is 12.3. The smallest absolute Gasteiger partial charge is 0.134 e. The Morgan fingerprint density at radius 3 is 2.44 bits per heavy atom. The third kappa shape index (κ3) is 4.17. The van der Waals surface area contributed by atoms with E-state index >= 15 is 0 Å². The van der Waals surface area contributed by atoms with E-state index < -0.39 is 0 Å². The Morgan fingerprint density at radius 1 is 1.22 bits per heavy atom. The van der Waals surface area contributed by atoms with Crippen LogP contribution in [0.4, 0.5) is 11.6 Å². The second-order valence-corrected chi connectivity index (χ2v) is 4.84. The van der Waals surface area contributed by atoms with Gasteiger partial charge < -0.3 is 10.2 Å². The molecule has 0 unspecified atom stereocenters. The van der Waals surface area contributed by atoms with Gasteiger partial charge in [0.25, 0.3) is 0 Å². The lowest BCUT2D eigenvalue weighted by atomic mass is 10.2. The minimum atomic E-state index is 0.632. The molecule has 0 aromatic carbocycles. The monoisotopic (exact) mass is 250 g/mol. The van der Waals surface area contributed by atoms with Crippen molar-refractivity contribution in [3.05, 3.63) is 11.9 Å². The summed E-state index contributed by atoms with van der Waals surface area (Å²) in [6.45, 7) is 13.7. The van der Waals surface area contributed by atoms with Crippen molar-refractivity contribution < 1.29 is 0 Å². The molecule has 1 N–H and O–H groups in total. The molecule has 18 heavy (non-hydrogen) atoms. The summed E-state index contributed by atoms with van der Waals surface area (Å²) in [6.07, 6.45) is 0.867. The van der Waals surface area contributed by atoms with Gasteiger partial charge in [0.2, 0.25) is 0 Å². The fourth-order valence-corrected chi connectivity index (χ4v) is 1.90. The maximum absolute atomic E-state index is 4.63. The highest BCUT2D eigenvalue weighted by Gasteiger charge is 2.11. The molecule has 0 amide bonds. The summed E-state index contributed by atoms with van der Waals surface area (Å²) in [4.78, 5) is 11.4. The number of nitrogens with one attached hydrogen (secondary N) is 1. The van der Waals surface area contributed by atoms with Crippen LogP contribution in [0, 0.1) is 5.92 Å². The fraction of sp³-hybridized carbons (Fsp3) is 0.714. The molecule has 102 valence electrons. The molecule has 0 aliphatic rings. The first-order valence-electron chi connectivity index (χ1n) is 6.97.